The van der Waals surface area contributed by atoms with Crippen molar-refractivity contribution in [2.45, 2.75) is 19.9 Å². The molecule has 1 heterocycles. The molecule has 0 bridgehead atoms. The molecule has 0 aromatic carbocycles. The van der Waals surface area contributed by atoms with E-state index in [9.17, 15) is 4.79 Å². The molecule has 2 N–H and O–H groups in total. The number of anilines is 1. The van der Waals surface area contributed by atoms with Crippen LogP contribution in [0.5, 0.6) is 0 Å². The lowest BCUT2D eigenvalue weighted by Crippen LogP contribution is -2.25. The topological polar surface area (TPSA) is 62.2 Å². The van der Waals surface area contributed by atoms with Crippen molar-refractivity contribution < 1.29 is 9.90 Å². The van der Waals surface area contributed by atoms with Gasteiger partial charge in [-0.25, -0.2) is 4.98 Å². The van der Waals surface area contributed by atoms with Crippen LogP contribution in [0.25, 0.3) is 0 Å². The summed E-state index contributed by atoms with van der Waals surface area (Å²) in [4.78, 5) is 14.5. The van der Waals surface area contributed by atoms with Gasteiger partial charge in [-0.1, -0.05) is 0 Å². The monoisotopic (exact) mass is 186 g/mol. The highest BCUT2D eigenvalue weighted by Crippen LogP contribution is 2.15. The highest BCUT2D eigenvalue weighted by molar-refractivity contribution is 7.13. The maximum Gasteiger partial charge on any atom is 0.325 e. The third-order valence-electron chi connectivity index (χ3n) is 1.33. The zero-order valence-corrected chi connectivity index (χ0v) is 7.68. The van der Waals surface area contributed by atoms with Crippen molar-refractivity contribution in [3.8, 4) is 0 Å². The fourth-order valence-electron chi connectivity index (χ4n) is 0.667. The highest BCUT2D eigenvalue weighted by Gasteiger charge is 2.11. The first kappa shape index (κ1) is 8.99. The standard InChI is InChI=1S/C7H10N2O2S/c1-4-3-12-7(8-4)9-5(2)6(10)11/h3,5H,1-2H3,(H,8,9)(H,10,11). The Kier molecular flexibility index (Phi) is 2.65. The molecule has 1 unspecified atom stereocenters. The van der Waals surface area contributed by atoms with Gasteiger partial charge in [0.2, 0.25) is 0 Å². The van der Waals surface area contributed by atoms with Gasteiger partial charge in [0.15, 0.2) is 5.13 Å². The number of nitrogens with zero attached hydrogens (tertiary/aromatic N) is 1. The van der Waals surface area contributed by atoms with Gasteiger partial charge in [0.25, 0.3) is 0 Å². The molecule has 0 spiro atoms. The Balaban J connectivity index is 2.58. The van der Waals surface area contributed by atoms with Gasteiger partial charge < -0.3 is 10.4 Å². The first-order valence-corrected chi connectivity index (χ1v) is 4.39. The van der Waals surface area contributed by atoms with Crippen molar-refractivity contribution >= 4 is 22.4 Å². The summed E-state index contributed by atoms with van der Waals surface area (Å²) in [6.07, 6.45) is 0. The number of hydrogen-bond acceptors (Lipinski definition) is 4. The molecule has 0 aliphatic rings. The Labute approximate surface area is 74.3 Å². The summed E-state index contributed by atoms with van der Waals surface area (Å²) in [5.74, 6) is -0.872. The van der Waals surface area contributed by atoms with Crippen LogP contribution in [0, 0.1) is 6.92 Å². The molecule has 0 amide bonds. The fourth-order valence-corrected chi connectivity index (χ4v) is 1.44. The second-order valence-electron chi connectivity index (χ2n) is 2.50. The molecule has 1 aromatic rings. The molecule has 0 radical (unpaired) electrons. The van der Waals surface area contributed by atoms with E-state index in [1.54, 1.807) is 6.92 Å². The SMILES string of the molecule is Cc1csc(NC(C)C(=O)O)n1. The minimum absolute atomic E-state index is 0.587. The summed E-state index contributed by atoms with van der Waals surface area (Å²) in [6.45, 7) is 3.45. The maximum absolute atomic E-state index is 10.4. The number of aliphatic carboxylic acids is 1. The molecule has 12 heavy (non-hydrogen) atoms. The van der Waals surface area contributed by atoms with Crippen LogP contribution < -0.4 is 5.32 Å². The Hall–Kier alpha value is -1.10. The molecule has 1 atom stereocenters. The predicted molar refractivity (Wildman–Crippen MR) is 47.6 cm³/mol. The molecule has 5 heteroatoms. The van der Waals surface area contributed by atoms with Gasteiger partial charge >= 0.3 is 5.97 Å². The summed E-state index contributed by atoms with van der Waals surface area (Å²) in [5.41, 5.74) is 0.903. The van der Waals surface area contributed by atoms with Crippen molar-refractivity contribution in [3.63, 3.8) is 0 Å². The van der Waals surface area contributed by atoms with Gasteiger partial charge in [-0.15, -0.1) is 11.3 Å². The van der Waals surface area contributed by atoms with Crippen LogP contribution in [-0.2, 0) is 4.79 Å². The third kappa shape index (κ3) is 2.20. The summed E-state index contributed by atoms with van der Waals surface area (Å²) < 4.78 is 0. The van der Waals surface area contributed by atoms with E-state index in [1.165, 1.54) is 11.3 Å². The van der Waals surface area contributed by atoms with Gasteiger partial charge in [-0.05, 0) is 13.8 Å². The summed E-state index contributed by atoms with van der Waals surface area (Å²) in [6, 6.07) is -0.587. The first-order valence-electron chi connectivity index (χ1n) is 3.51. The molecule has 0 saturated carbocycles. The zero-order chi connectivity index (χ0) is 9.14. The van der Waals surface area contributed by atoms with E-state index < -0.39 is 12.0 Å². The Morgan fingerprint density at radius 3 is 2.92 bits per heavy atom. The van der Waals surface area contributed by atoms with E-state index in [0.717, 1.165) is 5.69 Å². The maximum atomic E-state index is 10.4. The summed E-state index contributed by atoms with van der Waals surface area (Å²) in [7, 11) is 0. The number of rotatable bonds is 3. The number of carboxylic acids is 1. The van der Waals surface area contributed by atoms with Crippen LogP contribution in [0.3, 0.4) is 0 Å². The molecule has 0 aliphatic heterocycles. The minimum Gasteiger partial charge on any atom is -0.480 e. The number of thiazole rings is 1. The largest absolute Gasteiger partial charge is 0.480 e. The van der Waals surface area contributed by atoms with Gasteiger partial charge in [0.05, 0.1) is 5.69 Å². The molecule has 0 fully saturated rings. The lowest BCUT2D eigenvalue weighted by molar-refractivity contribution is -0.137. The Morgan fingerprint density at radius 1 is 1.83 bits per heavy atom. The molecule has 0 aliphatic carbocycles. The second kappa shape index (κ2) is 3.53. The normalized spacial score (nSPS) is 12.5. The van der Waals surface area contributed by atoms with Gasteiger partial charge in [0.1, 0.15) is 6.04 Å². The van der Waals surface area contributed by atoms with Gasteiger partial charge in [-0.3, -0.25) is 4.79 Å². The number of hydrogen-bond donors (Lipinski definition) is 2. The summed E-state index contributed by atoms with van der Waals surface area (Å²) >= 11 is 1.41. The van der Waals surface area contributed by atoms with E-state index in [1.807, 2.05) is 12.3 Å². The van der Waals surface area contributed by atoms with E-state index in [4.69, 9.17) is 5.11 Å². The molecule has 66 valence electrons. The average Bonchev–Trinajstić information content (AvgIpc) is 2.35. The number of carbonyl (C=O) groups is 1. The first-order chi connectivity index (χ1) is 5.59. The highest BCUT2D eigenvalue weighted by atomic mass is 32.1. The van der Waals surface area contributed by atoms with E-state index >= 15 is 0 Å². The fraction of sp³-hybridized carbons (Fsp3) is 0.429. The second-order valence-corrected chi connectivity index (χ2v) is 3.36. The molecule has 4 nitrogen and oxygen atoms in total. The Morgan fingerprint density at radius 2 is 2.50 bits per heavy atom. The molecule has 1 rings (SSSR count). The van der Waals surface area contributed by atoms with Crippen LogP contribution in [0.15, 0.2) is 5.38 Å². The van der Waals surface area contributed by atoms with Gasteiger partial charge in [-0.2, -0.15) is 0 Å². The minimum atomic E-state index is -0.872. The molecule has 0 saturated heterocycles. The van der Waals surface area contributed by atoms with Crippen molar-refractivity contribution in [1.29, 1.82) is 0 Å². The predicted octanol–water partition coefficient (Wildman–Crippen LogP) is 1.34. The van der Waals surface area contributed by atoms with Crippen LogP contribution >= 0.6 is 11.3 Å². The zero-order valence-electron chi connectivity index (χ0n) is 6.87. The van der Waals surface area contributed by atoms with Crippen molar-refractivity contribution in [3.05, 3.63) is 11.1 Å². The Bertz CT molecular complexity index is 285. The lowest BCUT2D eigenvalue weighted by Gasteiger charge is -2.05. The van der Waals surface area contributed by atoms with Crippen LogP contribution in [0.2, 0.25) is 0 Å². The van der Waals surface area contributed by atoms with E-state index in [0.29, 0.717) is 5.13 Å². The average molecular weight is 186 g/mol. The van der Waals surface area contributed by atoms with E-state index in [-0.39, 0.29) is 0 Å². The third-order valence-corrected chi connectivity index (χ3v) is 2.22. The summed E-state index contributed by atoms with van der Waals surface area (Å²) in [5, 5.41) is 13.9. The number of carboxylic acid groups (broad SMARTS) is 1. The van der Waals surface area contributed by atoms with Crippen LogP contribution in [0.4, 0.5) is 5.13 Å². The smallest absolute Gasteiger partial charge is 0.325 e. The van der Waals surface area contributed by atoms with Crippen molar-refractivity contribution in [2.75, 3.05) is 5.32 Å². The molecular formula is C7H10N2O2S. The molecular weight excluding hydrogens is 176 g/mol. The number of aryl methyl sites for hydroxylation is 1. The van der Waals surface area contributed by atoms with Crippen LogP contribution in [0.1, 0.15) is 12.6 Å². The lowest BCUT2D eigenvalue weighted by atomic mass is 10.4. The quantitative estimate of drug-likeness (QED) is 0.747. The van der Waals surface area contributed by atoms with Crippen molar-refractivity contribution in [1.82, 2.24) is 4.98 Å². The van der Waals surface area contributed by atoms with Crippen LogP contribution in [-0.4, -0.2) is 22.1 Å². The molecule has 1 aromatic heterocycles. The van der Waals surface area contributed by atoms with Gasteiger partial charge in [0, 0.05) is 5.38 Å². The van der Waals surface area contributed by atoms with Crippen molar-refractivity contribution in [2.24, 2.45) is 0 Å². The number of nitrogens with one attached hydrogen (secondary N) is 1. The number of aromatic nitrogens is 1. The van der Waals surface area contributed by atoms with E-state index in [2.05, 4.69) is 10.3 Å².